The molecule has 7 heteroatoms. The lowest BCUT2D eigenvalue weighted by molar-refractivity contribution is 0.0752. The summed E-state index contributed by atoms with van der Waals surface area (Å²) in [5.74, 6) is -0.0390. The first-order valence-electron chi connectivity index (χ1n) is 13.9. The Balaban J connectivity index is 1.52. The van der Waals surface area contributed by atoms with Crippen molar-refractivity contribution < 1.29 is 9.59 Å². The molecule has 0 aliphatic rings. The van der Waals surface area contributed by atoms with Crippen LogP contribution >= 0.6 is 0 Å². The molecule has 39 heavy (non-hydrogen) atoms. The molecule has 1 N–H and O–H groups in total. The van der Waals surface area contributed by atoms with Crippen molar-refractivity contribution in [2.24, 2.45) is 7.05 Å². The first-order valence-corrected chi connectivity index (χ1v) is 13.9. The number of ketones is 1. The summed E-state index contributed by atoms with van der Waals surface area (Å²) in [7, 11) is 1.87. The fourth-order valence-corrected chi connectivity index (χ4v) is 4.89. The predicted molar refractivity (Wildman–Crippen MR) is 156 cm³/mol. The molecule has 0 aliphatic carbocycles. The van der Waals surface area contributed by atoms with Gasteiger partial charge in [0.25, 0.3) is 5.91 Å². The third-order valence-electron chi connectivity index (χ3n) is 7.01. The van der Waals surface area contributed by atoms with Crippen molar-refractivity contribution in [2.45, 2.75) is 66.0 Å². The minimum Gasteiger partial charge on any atom is -0.334 e. The van der Waals surface area contributed by atoms with Gasteiger partial charge in [0.05, 0.1) is 11.9 Å². The summed E-state index contributed by atoms with van der Waals surface area (Å²) in [4.78, 5) is 28.8. The molecule has 1 amide bonds. The summed E-state index contributed by atoms with van der Waals surface area (Å²) >= 11 is 0. The van der Waals surface area contributed by atoms with Gasteiger partial charge in [-0.1, -0.05) is 31.2 Å². The number of carbonyl (C=O) groups is 2. The van der Waals surface area contributed by atoms with Crippen LogP contribution in [0.4, 0.5) is 0 Å². The summed E-state index contributed by atoms with van der Waals surface area (Å²) in [5.41, 5.74) is 6.12. The third-order valence-corrected chi connectivity index (χ3v) is 7.01. The Hall–Kier alpha value is -3.71. The molecule has 206 valence electrons. The highest BCUT2D eigenvalue weighted by molar-refractivity contribution is 6.10. The SMILES string of the molecule is CCc1cc2cc(C(=O)N(CC)Cc3cnn(C)c3)ccn2c1C(=O)c1ccc(CCCNC(C)(C)C)cc1. The number of pyridine rings is 1. The van der Waals surface area contributed by atoms with Crippen LogP contribution in [0, 0.1) is 0 Å². The molecule has 0 atom stereocenters. The van der Waals surface area contributed by atoms with E-state index < -0.39 is 0 Å². The van der Waals surface area contributed by atoms with E-state index in [9.17, 15) is 9.59 Å². The van der Waals surface area contributed by atoms with Crippen molar-refractivity contribution in [3.05, 3.63) is 94.6 Å². The van der Waals surface area contributed by atoms with E-state index >= 15 is 0 Å². The highest BCUT2D eigenvalue weighted by atomic mass is 16.2. The summed E-state index contributed by atoms with van der Waals surface area (Å²) < 4.78 is 3.66. The fraction of sp³-hybridized carbons (Fsp3) is 0.406. The zero-order valence-corrected chi connectivity index (χ0v) is 24.1. The summed E-state index contributed by atoms with van der Waals surface area (Å²) in [6.07, 6.45) is 8.31. The number of carbonyl (C=O) groups excluding carboxylic acids is 2. The van der Waals surface area contributed by atoms with Gasteiger partial charge in [0.15, 0.2) is 0 Å². The molecule has 1 aromatic carbocycles. The molecule has 0 unspecified atom stereocenters. The van der Waals surface area contributed by atoms with E-state index in [0.29, 0.717) is 29.9 Å². The van der Waals surface area contributed by atoms with Crippen LogP contribution in [-0.4, -0.2) is 49.4 Å². The van der Waals surface area contributed by atoms with Gasteiger partial charge in [0.2, 0.25) is 5.78 Å². The molecule has 0 saturated carbocycles. The Morgan fingerprint density at radius 3 is 2.36 bits per heavy atom. The fourth-order valence-electron chi connectivity index (χ4n) is 4.89. The molecule has 0 fully saturated rings. The smallest absolute Gasteiger partial charge is 0.254 e. The standard InChI is InChI=1S/C32H41N5O2/c1-7-25-18-28-19-27(31(39)36(8-2)22-24-20-34-35(6)21-24)15-17-37(28)29(25)30(38)26-13-11-23(12-14-26)10-9-16-33-32(3,4)5/h11-15,17-21,33H,7-10,16,22H2,1-6H3. The first kappa shape index (κ1) is 28.3. The summed E-state index contributed by atoms with van der Waals surface area (Å²) in [6, 6.07) is 13.7. The van der Waals surface area contributed by atoms with Crippen molar-refractivity contribution in [2.75, 3.05) is 13.1 Å². The van der Waals surface area contributed by atoms with Crippen molar-refractivity contribution >= 4 is 17.2 Å². The summed E-state index contributed by atoms with van der Waals surface area (Å²) in [5, 5.41) is 7.73. The van der Waals surface area contributed by atoms with E-state index in [2.05, 4.69) is 50.2 Å². The van der Waals surface area contributed by atoms with Crippen LogP contribution < -0.4 is 5.32 Å². The normalized spacial score (nSPS) is 11.7. The number of benzene rings is 1. The number of fused-ring (bicyclic) bond motifs is 1. The van der Waals surface area contributed by atoms with Crippen LogP contribution in [0.5, 0.6) is 0 Å². The van der Waals surface area contributed by atoms with E-state index in [1.807, 2.05) is 61.1 Å². The van der Waals surface area contributed by atoms with Crippen LogP contribution in [-0.2, 0) is 26.4 Å². The number of amides is 1. The molecule has 3 heterocycles. The first-order chi connectivity index (χ1) is 18.6. The van der Waals surface area contributed by atoms with Gasteiger partial charge in [-0.25, -0.2) is 0 Å². The average Bonchev–Trinajstić information content (AvgIpc) is 3.50. The molecule has 0 radical (unpaired) electrons. The van der Waals surface area contributed by atoms with Gasteiger partial charge >= 0.3 is 0 Å². The van der Waals surface area contributed by atoms with Crippen molar-refractivity contribution in [3.63, 3.8) is 0 Å². The molecule has 0 bridgehead atoms. The minimum atomic E-state index is -0.0377. The molecular weight excluding hydrogens is 486 g/mol. The van der Waals surface area contributed by atoms with Gasteiger partial charge in [-0.05, 0) is 82.8 Å². The lowest BCUT2D eigenvalue weighted by Crippen LogP contribution is -2.36. The second-order valence-corrected chi connectivity index (χ2v) is 11.2. The molecule has 4 rings (SSSR count). The van der Waals surface area contributed by atoms with Crippen LogP contribution in [0.2, 0.25) is 0 Å². The maximum atomic E-state index is 13.6. The zero-order chi connectivity index (χ0) is 28.2. The Labute approximate surface area is 231 Å². The van der Waals surface area contributed by atoms with Crippen LogP contribution in [0.25, 0.3) is 5.52 Å². The van der Waals surface area contributed by atoms with E-state index in [0.717, 1.165) is 42.5 Å². The molecule has 4 aromatic rings. The maximum absolute atomic E-state index is 13.6. The van der Waals surface area contributed by atoms with E-state index in [1.54, 1.807) is 15.8 Å². The second-order valence-electron chi connectivity index (χ2n) is 11.2. The van der Waals surface area contributed by atoms with Crippen LogP contribution in [0.3, 0.4) is 0 Å². The number of hydrogen-bond donors (Lipinski definition) is 1. The number of aryl methyl sites for hydroxylation is 3. The topological polar surface area (TPSA) is 71.6 Å². The predicted octanol–water partition coefficient (Wildman–Crippen LogP) is 5.45. The molecule has 0 saturated heterocycles. The Kier molecular flexibility index (Phi) is 8.70. The lowest BCUT2D eigenvalue weighted by atomic mass is 10.0. The Bertz CT molecular complexity index is 1440. The van der Waals surface area contributed by atoms with Crippen molar-refractivity contribution in [1.82, 2.24) is 24.4 Å². The van der Waals surface area contributed by atoms with Crippen LogP contribution in [0.1, 0.15) is 84.1 Å². The van der Waals surface area contributed by atoms with Gasteiger partial charge in [-0.3, -0.25) is 14.3 Å². The maximum Gasteiger partial charge on any atom is 0.254 e. The Morgan fingerprint density at radius 1 is 1.00 bits per heavy atom. The highest BCUT2D eigenvalue weighted by Gasteiger charge is 2.21. The average molecular weight is 528 g/mol. The second kappa shape index (κ2) is 12.0. The summed E-state index contributed by atoms with van der Waals surface area (Å²) in [6.45, 7) is 12.6. The minimum absolute atomic E-state index is 0.00126. The van der Waals surface area contributed by atoms with Crippen LogP contribution in [0.15, 0.2) is 61.1 Å². The van der Waals surface area contributed by atoms with Crippen molar-refractivity contribution in [1.29, 1.82) is 0 Å². The zero-order valence-electron chi connectivity index (χ0n) is 24.1. The number of nitrogens with zero attached hydrogens (tertiary/aromatic N) is 4. The van der Waals surface area contributed by atoms with E-state index in [1.165, 1.54) is 5.56 Å². The Morgan fingerprint density at radius 2 is 1.74 bits per heavy atom. The number of nitrogens with one attached hydrogen (secondary N) is 1. The van der Waals surface area contributed by atoms with Gasteiger partial charge in [-0.2, -0.15) is 5.10 Å². The molecule has 7 nitrogen and oxygen atoms in total. The third kappa shape index (κ3) is 6.84. The van der Waals surface area contributed by atoms with Gasteiger partial charge in [0.1, 0.15) is 0 Å². The van der Waals surface area contributed by atoms with E-state index in [-0.39, 0.29) is 17.2 Å². The van der Waals surface area contributed by atoms with Crippen molar-refractivity contribution in [3.8, 4) is 0 Å². The molecule has 0 spiro atoms. The van der Waals surface area contributed by atoms with Gasteiger partial charge in [-0.15, -0.1) is 0 Å². The molecule has 0 aliphatic heterocycles. The molecule has 3 aromatic heterocycles. The number of hydrogen-bond acceptors (Lipinski definition) is 4. The lowest BCUT2D eigenvalue weighted by Gasteiger charge is -2.20. The van der Waals surface area contributed by atoms with E-state index in [4.69, 9.17) is 0 Å². The monoisotopic (exact) mass is 527 g/mol. The largest absolute Gasteiger partial charge is 0.334 e. The number of aromatic nitrogens is 3. The highest BCUT2D eigenvalue weighted by Crippen LogP contribution is 2.23. The van der Waals surface area contributed by atoms with Gasteiger partial charge < -0.3 is 14.6 Å². The quantitative estimate of drug-likeness (QED) is 0.208. The van der Waals surface area contributed by atoms with Gasteiger partial charge in [0, 0.05) is 60.3 Å². The number of rotatable bonds is 11. The molecular formula is C32H41N5O2.